The van der Waals surface area contributed by atoms with Crippen LogP contribution >= 0.6 is 0 Å². The van der Waals surface area contributed by atoms with Crippen LogP contribution in [0.2, 0.25) is 0 Å². The van der Waals surface area contributed by atoms with Gasteiger partial charge in [-0.2, -0.15) is 5.10 Å². The Morgan fingerprint density at radius 3 is 3.00 bits per heavy atom. The molecule has 0 aliphatic rings. The van der Waals surface area contributed by atoms with Gasteiger partial charge in [0.25, 0.3) is 0 Å². The van der Waals surface area contributed by atoms with Crippen molar-refractivity contribution in [1.29, 1.82) is 0 Å². The van der Waals surface area contributed by atoms with Crippen LogP contribution in [-0.2, 0) is 7.05 Å². The molecule has 1 heterocycles. The van der Waals surface area contributed by atoms with Crippen LogP contribution in [0.25, 0.3) is 0 Å². The Morgan fingerprint density at radius 1 is 1.77 bits per heavy atom. The molecule has 0 saturated heterocycles. The van der Waals surface area contributed by atoms with Gasteiger partial charge in [0.15, 0.2) is 5.75 Å². The minimum atomic E-state index is -1.10. The maximum absolute atomic E-state index is 13.5. The Hall–Kier alpha value is -1.10. The Kier molecular flexibility index (Phi) is 3.25. The van der Waals surface area contributed by atoms with Gasteiger partial charge in [-0.25, -0.2) is 4.39 Å². The summed E-state index contributed by atoms with van der Waals surface area (Å²) in [7, 11) is 3.18. The zero-order chi connectivity index (χ0) is 9.84. The smallest absolute Gasteiger partial charge is 0.162 e. The van der Waals surface area contributed by atoms with Crippen molar-refractivity contribution in [3.8, 4) is 5.75 Å². The maximum atomic E-state index is 13.5. The number of aromatic nitrogens is 2. The molecule has 1 aromatic rings. The molecule has 0 fully saturated rings. The summed E-state index contributed by atoms with van der Waals surface area (Å²) in [6.07, 6.45) is 0.682. The van der Waals surface area contributed by atoms with Crippen LogP contribution in [0.15, 0.2) is 6.20 Å². The van der Waals surface area contributed by atoms with Crippen molar-refractivity contribution in [1.82, 2.24) is 9.78 Å². The topological polar surface area (TPSA) is 53.1 Å². The van der Waals surface area contributed by atoms with E-state index in [9.17, 15) is 4.39 Å². The molecule has 0 aliphatic heterocycles. The summed E-state index contributed by atoms with van der Waals surface area (Å²) in [5, 5.41) is 3.90. The molecule has 74 valence electrons. The first-order chi connectivity index (χ1) is 6.20. The van der Waals surface area contributed by atoms with E-state index in [2.05, 4.69) is 5.10 Å². The fourth-order valence-corrected chi connectivity index (χ4v) is 1.22. The molecule has 0 bridgehead atoms. The Labute approximate surface area is 76.5 Å². The summed E-state index contributed by atoms with van der Waals surface area (Å²) >= 11 is 0. The molecule has 0 amide bonds. The molecule has 0 aliphatic carbocycles. The highest BCUT2D eigenvalue weighted by Gasteiger charge is 2.18. The largest absolute Gasteiger partial charge is 0.493 e. The molecule has 2 N–H and O–H groups in total. The van der Waals surface area contributed by atoms with Gasteiger partial charge in [0.05, 0.1) is 13.3 Å². The van der Waals surface area contributed by atoms with E-state index in [0.29, 0.717) is 18.0 Å². The second kappa shape index (κ2) is 4.23. The molecule has 1 rings (SSSR count). The van der Waals surface area contributed by atoms with Crippen molar-refractivity contribution in [3.63, 3.8) is 0 Å². The highest BCUT2D eigenvalue weighted by Crippen LogP contribution is 2.28. The fourth-order valence-electron chi connectivity index (χ4n) is 1.22. The third-order valence-corrected chi connectivity index (χ3v) is 1.89. The molecule has 1 unspecified atom stereocenters. The number of rotatable bonds is 4. The maximum Gasteiger partial charge on any atom is 0.162 e. The molecule has 13 heavy (non-hydrogen) atoms. The second-order valence-electron chi connectivity index (χ2n) is 2.77. The quantitative estimate of drug-likeness (QED) is 0.758. The lowest BCUT2D eigenvalue weighted by atomic mass is 10.2. The van der Waals surface area contributed by atoms with Crippen molar-refractivity contribution in [3.05, 3.63) is 11.9 Å². The minimum Gasteiger partial charge on any atom is -0.493 e. The van der Waals surface area contributed by atoms with Crippen molar-refractivity contribution in [2.75, 3.05) is 13.7 Å². The fraction of sp³-hybridized carbons (Fsp3) is 0.625. The summed E-state index contributed by atoms with van der Waals surface area (Å²) in [6.45, 7) is 0.315. The average Bonchev–Trinajstić information content (AvgIpc) is 2.47. The number of hydrogen-bond acceptors (Lipinski definition) is 3. The normalized spacial score (nSPS) is 12.9. The zero-order valence-electron chi connectivity index (χ0n) is 7.83. The van der Waals surface area contributed by atoms with E-state index in [1.165, 1.54) is 18.0 Å². The van der Waals surface area contributed by atoms with Gasteiger partial charge in [0.1, 0.15) is 11.9 Å². The van der Waals surface area contributed by atoms with Crippen LogP contribution in [0, 0.1) is 0 Å². The lowest BCUT2D eigenvalue weighted by Gasteiger charge is -2.09. The summed E-state index contributed by atoms with van der Waals surface area (Å²) in [5.41, 5.74) is 5.72. The SMILES string of the molecule is COc1cnn(C)c1C(F)CCN. The van der Waals surface area contributed by atoms with Gasteiger partial charge < -0.3 is 10.5 Å². The van der Waals surface area contributed by atoms with Crippen LogP contribution < -0.4 is 10.5 Å². The predicted octanol–water partition coefficient (Wildman–Crippen LogP) is 0.788. The highest BCUT2D eigenvalue weighted by atomic mass is 19.1. The van der Waals surface area contributed by atoms with Gasteiger partial charge in [0, 0.05) is 7.05 Å². The van der Waals surface area contributed by atoms with Crippen molar-refractivity contribution >= 4 is 0 Å². The molecule has 5 heteroatoms. The van der Waals surface area contributed by atoms with Gasteiger partial charge in [0.2, 0.25) is 0 Å². The first kappa shape index (κ1) is 9.98. The Bertz CT molecular complexity index is 274. The van der Waals surface area contributed by atoms with Crippen molar-refractivity contribution < 1.29 is 9.13 Å². The molecule has 0 spiro atoms. The van der Waals surface area contributed by atoms with E-state index in [0.717, 1.165) is 0 Å². The summed E-state index contributed by atoms with van der Waals surface area (Å²) in [5.74, 6) is 0.475. The number of hydrogen-bond donors (Lipinski definition) is 1. The summed E-state index contributed by atoms with van der Waals surface area (Å²) < 4.78 is 19.9. The first-order valence-electron chi connectivity index (χ1n) is 4.10. The molecule has 0 saturated carbocycles. The van der Waals surface area contributed by atoms with Gasteiger partial charge in [-0.05, 0) is 13.0 Å². The van der Waals surface area contributed by atoms with Crippen LogP contribution in [0.3, 0.4) is 0 Å². The van der Waals surface area contributed by atoms with E-state index in [4.69, 9.17) is 10.5 Å². The van der Waals surface area contributed by atoms with Gasteiger partial charge in [-0.1, -0.05) is 0 Å². The van der Waals surface area contributed by atoms with E-state index in [1.54, 1.807) is 7.05 Å². The lowest BCUT2D eigenvalue weighted by Crippen LogP contribution is -2.08. The highest BCUT2D eigenvalue weighted by molar-refractivity contribution is 5.27. The van der Waals surface area contributed by atoms with Crippen LogP contribution in [0.5, 0.6) is 5.75 Å². The molecule has 0 radical (unpaired) electrons. The van der Waals surface area contributed by atoms with E-state index in [-0.39, 0.29) is 6.42 Å². The number of methoxy groups -OCH3 is 1. The van der Waals surface area contributed by atoms with E-state index >= 15 is 0 Å². The van der Waals surface area contributed by atoms with Gasteiger partial charge >= 0.3 is 0 Å². The standard InChI is InChI=1S/C8H14FN3O/c1-12-8(6(9)3-4-10)7(13-2)5-11-12/h5-6H,3-4,10H2,1-2H3. The Morgan fingerprint density at radius 2 is 2.46 bits per heavy atom. The molecule has 1 atom stereocenters. The molecule has 1 aromatic heterocycles. The van der Waals surface area contributed by atoms with Crippen molar-refractivity contribution in [2.45, 2.75) is 12.6 Å². The number of nitrogens with two attached hydrogens (primary N) is 1. The number of alkyl halides is 1. The van der Waals surface area contributed by atoms with Gasteiger partial charge in [-0.15, -0.1) is 0 Å². The average molecular weight is 187 g/mol. The van der Waals surface area contributed by atoms with E-state index in [1.807, 2.05) is 0 Å². The number of ether oxygens (including phenoxy) is 1. The van der Waals surface area contributed by atoms with Crippen LogP contribution in [0.4, 0.5) is 4.39 Å². The summed E-state index contributed by atoms with van der Waals surface area (Å²) in [4.78, 5) is 0. The minimum absolute atomic E-state index is 0.288. The van der Waals surface area contributed by atoms with E-state index < -0.39 is 6.17 Å². The predicted molar refractivity (Wildman–Crippen MR) is 47.3 cm³/mol. The van der Waals surface area contributed by atoms with Gasteiger partial charge in [-0.3, -0.25) is 4.68 Å². The third-order valence-electron chi connectivity index (χ3n) is 1.89. The van der Waals surface area contributed by atoms with Crippen LogP contribution in [-0.4, -0.2) is 23.4 Å². The van der Waals surface area contributed by atoms with Crippen LogP contribution in [0.1, 0.15) is 18.3 Å². The second-order valence-corrected chi connectivity index (χ2v) is 2.77. The Balaban J connectivity index is 2.89. The third kappa shape index (κ3) is 1.98. The number of halogens is 1. The zero-order valence-corrected chi connectivity index (χ0v) is 7.83. The number of nitrogens with zero attached hydrogens (tertiary/aromatic N) is 2. The monoisotopic (exact) mass is 187 g/mol. The first-order valence-corrected chi connectivity index (χ1v) is 4.10. The molecular formula is C8H14FN3O. The summed E-state index contributed by atoms with van der Waals surface area (Å²) in [6, 6.07) is 0. The van der Waals surface area contributed by atoms with Crippen molar-refractivity contribution in [2.24, 2.45) is 12.8 Å². The number of aryl methyl sites for hydroxylation is 1. The molecule has 4 nitrogen and oxygen atoms in total. The lowest BCUT2D eigenvalue weighted by molar-refractivity contribution is 0.295. The molecular weight excluding hydrogens is 173 g/mol. The molecule has 0 aromatic carbocycles.